The summed E-state index contributed by atoms with van der Waals surface area (Å²) in [6.07, 6.45) is 22.3. The molecule has 0 rings (SSSR count). The molecule has 0 aliphatic carbocycles. The fourth-order valence-electron chi connectivity index (χ4n) is 3.35. The Hall–Kier alpha value is -0.790. The Bertz CT molecular complexity index is 300. The van der Waals surface area contributed by atoms with Crippen LogP contribution in [0.3, 0.4) is 0 Å². The molecule has 0 aromatic carbocycles. The van der Waals surface area contributed by atoms with Crippen molar-refractivity contribution in [2.45, 2.75) is 117 Å². The van der Waals surface area contributed by atoms with Gasteiger partial charge in [-0.1, -0.05) is 90.6 Å². The van der Waals surface area contributed by atoms with Gasteiger partial charge in [0, 0.05) is 12.5 Å². The van der Waals surface area contributed by atoms with Crippen LogP contribution in [0.25, 0.3) is 0 Å². The predicted octanol–water partition coefficient (Wildman–Crippen LogP) is 7.19. The fourth-order valence-corrected chi connectivity index (χ4v) is 3.35. The van der Waals surface area contributed by atoms with Gasteiger partial charge in [0.25, 0.3) is 0 Å². The second kappa shape index (κ2) is 19.5. The van der Waals surface area contributed by atoms with Crippen molar-refractivity contribution in [3.63, 3.8) is 0 Å². The average molecular weight is 352 g/mol. The summed E-state index contributed by atoms with van der Waals surface area (Å²) in [5.41, 5.74) is 0. The molecular weight excluding hydrogens is 306 g/mol. The van der Waals surface area contributed by atoms with Crippen LogP contribution in [0.15, 0.2) is 12.7 Å². The molecule has 0 bridgehead atoms. The first-order valence-electron chi connectivity index (χ1n) is 11.1. The van der Waals surface area contributed by atoms with Gasteiger partial charge in [0.05, 0.1) is 0 Å². The van der Waals surface area contributed by atoms with E-state index in [9.17, 15) is 4.79 Å². The molecule has 1 atom stereocenters. The molecule has 0 fully saturated rings. The summed E-state index contributed by atoms with van der Waals surface area (Å²) in [6.45, 7) is 8.99. The van der Waals surface area contributed by atoms with E-state index < -0.39 is 0 Å². The molecule has 0 aliphatic heterocycles. The fraction of sp³-hybridized carbons (Fsp3) is 0.870. The molecular formula is C23H45NO. The van der Waals surface area contributed by atoms with Crippen LogP contribution < -0.4 is 5.32 Å². The zero-order chi connectivity index (χ0) is 18.6. The van der Waals surface area contributed by atoms with E-state index in [0.29, 0.717) is 0 Å². The zero-order valence-corrected chi connectivity index (χ0v) is 17.3. The minimum Gasteiger partial charge on any atom is -0.356 e. The topological polar surface area (TPSA) is 29.1 Å². The number of carbonyl (C=O) groups is 1. The van der Waals surface area contributed by atoms with Gasteiger partial charge in [0.2, 0.25) is 5.91 Å². The number of carbonyl (C=O) groups excluding carboxylic acids is 1. The van der Waals surface area contributed by atoms with Crippen LogP contribution >= 0.6 is 0 Å². The van der Waals surface area contributed by atoms with Gasteiger partial charge in [0.15, 0.2) is 0 Å². The lowest BCUT2D eigenvalue weighted by Crippen LogP contribution is -2.31. The minimum absolute atomic E-state index is 0.192. The zero-order valence-electron chi connectivity index (χ0n) is 17.3. The van der Waals surface area contributed by atoms with Crippen LogP contribution in [0.4, 0.5) is 0 Å². The van der Waals surface area contributed by atoms with Gasteiger partial charge in [-0.2, -0.15) is 0 Å². The van der Waals surface area contributed by atoms with Crippen molar-refractivity contribution in [2.75, 3.05) is 6.54 Å². The van der Waals surface area contributed by atoms with Crippen molar-refractivity contribution in [1.29, 1.82) is 0 Å². The first-order chi connectivity index (χ1) is 12.3. The molecule has 1 N–H and O–H groups in total. The monoisotopic (exact) mass is 351 g/mol. The number of unbranched alkanes of at least 4 members (excludes halogenated alkanes) is 12. The summed E-state index contributed by atoms with van der Waals surface area (Å²) >= 11 is 0. The maximum Gasteiger partial charge on any atom is 0.223 e. The second-order valence-electron chi connectivity index (χ2n) is 7.50. The van der Waals surface area contributed by atoms with E-state index in [1.54, 1.807) is 0 Å². The summed E-state index contributed by atoms with van der Waals surface area (Å²) in [5.74, 6) is 0.451. The Morgan fingerprint density at radius 1 is 0.840 bits per heavy atom. The van der Waals surface area contributed by atoms with Gasteiger partial charge < -0.3 is 5.32 Å². The summed E-state index contributed by atoms with van der Waals surface area (Å²) < 4.78 is 0. The standard InChI is InChI=1S/C23H45NO/c1-4-7-9-10-11-12-13-14-15-16-17-19-21-24-23(25)22(6-3)20-18-8-5-2/h5,22H,2,4,6-21H2,1,3H3,(H,24,25)/t22-/m1/s1. The van der Waals surface area contributed by atoms with Crippen LogP contribution in [-0.2, 0) is 4.79 Å². The number of allylic oxidation sites excluding steroid dienone is 1. The van der Waals surface area contributed by atoms with Gasteiger partial charge in [-0.05, 0) is 32.1 Å². The molecule has 148 valence electrons. The summed E-state index contributed by atoms with van der Waals surface area (Å²) in [5, 5.41) is 3.13. The van der Waals surface area contributed by atoms with Crippen LogP contribution in [0.2, 0.25) is 0 Å². The lowest BCUT2D eigenvalue weighted by atomic mass is 9.98. The highest BCUT2D eigenvalue weighted by Crippen LogP contribution is 2.14. The number of hydrogen-bond donors (Lipinski definition) is 1. The van der Waals surface area contributed by atoms with Crippen LogP contribution in [-0.4, -0.2) is 12.5 Å². The first kappa shape index (κ1) is 24.2. The highest BCUT2D eigenvalue weighted by Gasteiger charge is 2.14. The summed E-state index contributed by atoms with van der Waals surface area (Å²) in [6, 6.07) is 0. The molecule has 0 unspecified atom stereocenters. The summed E-state index contributed by atoms with van der Waals surface area (Å²) in [4.78, 5) is 12.1. The van der Waals surface area contributed by atoms with Gasteiger partial charge in [0.1, 0.15) is 0 Å². The Kier molecular flexibility index (Phi) is 18.9. The molecule has 2 heteroatoms. The molecule has 0 spiro atoms. The molecule has 0 aromatic heterocycles. The van der Waals surface area contributed by atoms with Crippen molar-refractivity contribution in [3.8, 4) is 0 Å². The van der Waals surface area contributed by atoms with Gasteiger partial charge in [-0.3, -0.25) is 4.79 Å². The van der Waals surface area contributed by atoms with Crippen LogP contribution in [0.5, 0.6) is 0 Å². The third-order valence-corrected chi connectivity index (χ3v) is 5.15. The number of rotatable bonds is 19. The van der Waals surface area contributed by atoms with Crippen LogP contribution in [0.1, 0.15) is 117 Å². The quantitative estimate of drug-likeness (QED) is 0.194. The van der Waals surface area contributed by atoms with E-state index in [2.05, 4.69) is 25.7 Å². The maximum atomic E-state index is 12.1. The number of nitrogens with one attached hydrogen (secondary N) is 1. The molecule has 2 nitrogen and oxygen atoms in total. The molecule has 25 heavy (non-hydrogen) atoms. The van der Waals surface area contributed by atoms with Crippen molar-refractivity contribution in [1.82, 2.24) is 5.32 Å². The third-order valence-electron chi connectivity index (χ3n) is 5.15. The van der Waals surface area contributed by atoms with Crippen molar-refractivity contribution in [3.05, 3.63) is 12.7 Å². The predicted molar refractivity (Wildman–Crippen MR) is 112 cm³/mol. The highest BCUT2D eigenvalue weighted by atomic mass is 16.1. The van der Waals surface area contributed by atoms with E-state index in [1.807, 2.05) is 6.08 Å². The van der Waals surface area contributed by atoms with Crippen molar-refractivity contribution < 1.29 is 4.79 Å². The van der Waals surface area contributed by atoms with Crippen LogP contribution in [0, 0.1) is 5.92 Å². The molecule has 0 aromatic rings. The molecule has 0 saturated carbocycles. The van der Waals surface area contributed by atoms with Gasteiger partial charge in [-0.15, -0.1) is 6.58 Å². The first-order valence-corrected chi connectivity index (χ1v) is 11.1. The smallest absolute Gasteiger partial charge is 0.223 e. The molecule has 0 aliphatic rings. The van der Waals surface area contributed by atoms with Crippen molar-refractivity contribution >= 4 is 5.91 Å². The summed E-state index contributed by atoms with van der Waals surface area (Å²) in [7, 11) is 0. The highest BCUT2D eigenvalue weighted by molar-refractivity contribution is 5.78. The molecule has 0 heterocycles. The lowest BCUT2D eigenvalue weighted by Gasteiger charge is -2.14. The molecule has 0 radical (unpaired) electrons. The van der Waals surface area contributed by atoms with E-state index in [-0.39, 0.29) is 11.8 Å². The van der Waals surface area contributed by atoms with E-state index in [4.69, 9.17) is 0 Å². The van der Waals surface area contributed by atoms with E-state index in [0.717, 1.165) is 38.6 Å². The largest absolute Gasteiger partial charge is 0.356 e. The Morgan fingerprint density at radius 2 is 1.36 bits per heavy atom. The van der Waals surface area contributed by atoms with E-state index in [1.165, 1.54) is 70.6 Å². The second-order valence-corrected chi connectivity index (χ2v) is 7.50. The number of hydrogen-bond acceptors (Lipinski definition) is 1. The SMILES string of the molecule is C=CCCC[C@@H](CC)C(=O)NCCCCCCCCCCCCCC. The normalized spacial score (nSPS) is 12.1. The average Bonchev–Trinajstić information content (AvgIpc) is 2.62. The van der Waals surface area contributed by atoms with Gasteiger partial charge in [-0.25, -0.2) is 0 Å². The lowest BCUT2D eigenvalue weighted by molar-refractivity contribution is -0.125. The Balaban J connectivity index is 3.36. The minimum atomic E-state index is 0.192. The Morgan fingerprint density at radius 3 is 1.84 bits per heavy atom. The molecule has 1 amide bonds. The number of amides is 1. The Labute approximate surface area is 158 Å². The maximum absolute atomic E-state index is 12.1. The van der Waals surface area contributed by atoms with Gasteiger partial charge >= 0.3 is 0 Å². The van der Waals surface area contributed by atoms with E-state index >= 15 is 0 Å². The van der Waals surface area contributed by atoms with Crippen molar-refractivity contribution in [2.24, 2.45) is 5.92 Å². The molecule has 0 saturated heterocycles. The third kappa shape index (κ3) is 16.4.